The highest BCUT2D eigenvalue weighted by Crippen LogP contribution is 2.39. The number of nitrogens with zero attached hydrogens (tertiary/aromatic N) is 7. The molecule has 5 rings (SSSR count). The fourth-order valence-corrected chi connectivity index (χ4v) is 3.52. The highest BCUT2D eigenvalue weighted by Gasteiger charge is 2.40. The summed E-state index contributed by atoms with van der Waals surface area (Å²) >= 11 is 6.06. The van der Waals surface area contributed by atoms with Crippen molar-refractivity contribution in [2.45, 2.75) is 12.5 Å². The van der Waals surface area contributed by atoms with Crippen LogP contribution in [0.15, 0.2) is 18.5 Å². The first-order valence-corrected chi connectivity index (χ1v) is 8.11. The van der Waals surface area contributed by atoms with E-state index in [4.69, 9.17) is 11.6 Å². The van der Waals surface area contributed by atoms with Gasteiger partial charge in [-0.05, 0) is 18.6 Å². The lowest BCUT2D eigenvalue weighted by Gasteiger charge is -2.35. The molecule has 2 aliphatic rings. The Kier molecular flexibility index (Phi) is 3.01. The average Bonchev–Trinajstić information content (AvgIpc) is 3.23. The molecular formula is C14H12ClN9O. The minimum Gasteiger partial charge on any atom is -0.366 e. The van der Waals surface area contributed by atoms with Crippen LogP contribution in [0, 0.1) is 0 Å². The second-order valence-corrected chi connectivity index (χ2v) is 6.27. The summed E-state index contributed by atoms with van der Waals surface area (Å²) in [5, 5.41) is 13.5. The lowest BCUT2D eigenvalue weighted by Crippen LogP contribution is -2.48. The molecule has 25 heavy (non-hydrogen) atoms. The van der Waals surface area contributed by atoms with Gasteiger partial charge in [-0.25, -0.2) is 19.7 Å². The second-order valence-electron chi connectivity index (χ2n) is 5.88. The lowest BCUT2D eigenvalue weighted by atomic mass is 10.2. The zero-order valence-electron chi connectivity index (χ0n) is 12.8. The van der Waals surface area contributed by atoms with E-state index in [0.29, 0.717) is 28.0 Å². The molecule has 2 aliphatic heterocycles. The number of hydrogen-bond acceptors (Lipinski definition) is 7. The SMILES string of the molecule is O=C(Nc1ncnc2n[nH]nc12)N1c2nc(Cl)ccc2N2CC[C@H]1C2. The molecule has 0 spiro atoms. The Balaban J connectivity index is 1.54. The third-order valence-corrected chi connectivity index (χ3v) is 4.69. The van der Waals surface area contributed by atoms with Crippen molar-refractivity contribution in [1.29, 1.82) is 0 Å². The predicted molar refractivity (Wildman–Crippen MR) is 90.8 cm³/mol. The molecule has 2 amide bonds. The summed E-state index contributed by atoms with van der Waals surface area (Å²) in [7, 11) is 0. The van der Waals surface area contributed by atoms with Crippen LogP contribution in [0.5, 0.6) is 0 Å². The number of carbonyl (C=O) groups excluding carboxylic acids is 1. The summed E-state index contributed by atoms with van der Waals surface area (Å²) in [5.74, 6) is 0.858. The molecule has 1 saturated heterocycles. The minimum absolute atomic E-state index is 0.0353. The molecule has 3 aromatic rings. The molecule has 1 fully saturated rings. The maximum Gasteiger partial charge on any atom is 0.329 e. The number of amides is 2. The number of anilines is 3. The molecule has 1 atom stereocenters. The Labute approximate surface area is 146 Å². The number of aromatic amines is 1. The third-order valence-electron chi connectivity index (χ3n) is 4.48. The number of carbonyl (C=O) groups is 1. The van der Waals surface area contributed by atoms with Gasteiger partial charge in [0.15, 0.2) is 17.2 Å². The van der Waals surface area contributed by atoms with Crippen molar-refractivity contribution in [1.82, 2.24) is 30.4 Å². The van der Waals surface area contributed by atoms with Crippen molar-refractivity contribution in [3.8, 4) is 0 Å². The maximum absolute atomic E-state index is 13.0. The number of H-pyrrole nitrogens is 1. The van der Waals surface area contributed by atoms with Crippen molar-refractivity contribution >= 4 is 46.1 Å². The van der Waals surface area contributed by atoms with E-state index in [1.165, 1.54) is 6.33 Å². The molecular weight excluding hydrogens is 346 g/mol. The zero-order chi connectivity index (χ0) is 17.0. The van der Waals surface area contributed by atoms with Crippen LogP contribution in [0.4, 0.5) is 22.1 Å². The molecule has 0 unspecified atom stereocenters. The van der Waals surface area contributed by atoms with Crippen LogP contribution < -0.4 is 15.1 Å². The van der Waals surface area contributed by atoms with Gasteiger partial charge >= 0.3 is 6.03 Å². The third kappa shape index (κ3) is 2.18. The van der Waals surface area contributed by atoms with Gasteiger partial charge in [-0.15, -0.1) is 5.10 Å². The Bertz CT molecular complexity index is 989. The highest BCUT2D eigenvalue weighted by molar-refractivity contribution is 6.29. The lowest BCUT2D eigenvalue weighted by molar-refractivity contribution is 0.254. The quantitative estimate of drug-likeness (QED) is 0.633. The summed E-state index contributed by atoms with van der Waals surface area (Å²) in [6, 6.07) is 3.34. The smallest absolute Gasteiger partial charge is 0.329 e. The first kappa shape index (κ1) is 14.3. The standard InChI is InChI=1S/C14H12ClN9O/c15-9-2-1-8-13(18-9)24(7-3-4-23(8)5-7)14(25)19-11-10-12(17-6-16-11)21-22-20-10/h1-2,6-7H,3-5H2,(H2,16,17,19,20,21,22,25)/t7-/m0/s1. The molecule has 10 nitrogen and oxygen atoms in total. The van der Waals surface area contributed by atoms with Crippen LogP contribution in [0.3, 0.4) is 0 Å². The van der Waals surface area contributed by atoms with Gasteiger partial charge < -0.3 is 4.90 Å². The molecule has 3 aromatic heterocycles. The number of nitrogens with one attached hydrogen (secondary N) is 2. The summed E-state index contributed by atoms with van der Waals surface area (Å²) in [6.07, 6.45) is 2.20. The van der Waals surface area contributed by atoms with Crippen molar-refractivity contribution in [3.05, 3.63) is 23.6 Å². The van der Waals surface area contributed by atoms with Gasteiger partial charge in [-0.3, -0.25) is 10.2 Å². The van der Waals surface area contributed by atoms with Crippen LogP contribution in [-0.2, 0) is 0 Å². The van der Waals surface area contributed by atoms with Crippen molar-refractivity contribution in [2.75, 3.05) is 28.2 Å². The molecule has 0 saturated carbocycles. The van der Waals surface area contributed by atoms with Crippen molar-refractivity contribution in [2.24, 2.45) is 0 Å². The first-order valence-electron chi connectivity index (χ1n) is 7.74. The number of hydrogen-bond donors (Lipinski definition) is 2. The number of pyridine rings is 1. The van der Waals surface area contributed by atoms with E-state index in [1.54, 1.807) is 11.0 Å². The molecule has 5 heterocycles. The van der Waals surface area contributed by atoms with E-state index in [9.17, 15) is 4.79 Å². The van der Waals surface area contributed by atoms with Gasteiger partial charge in [0, 0.05) is 13.1 Å². The van der Waals surface area contributed by atoms with Gasteiger partial charge in [0.2, 0.25) is 5.65 Å². The average molecular weight is 358 g/mol. The monoisotopic (exact) mass is 357 g/mol. The van der Waals surface area contributed by atoms with Crippen molar-refractivity contribution in [3.63, 3.8) is 0 Å². The van der Waals surface area contributed by atoms with Crippen LogP contribution in [0.25, 0.3) is 11.2 Å². The zero-order valence-corrected chi connectivity index (χ0v) is 13.6. The number of halogens is 1. The molecule has 0 radical (unpaired) electrons. The molecule has 11 heteroatoms. The summed E-state index contributed by atoms with van der Waals surface area (Å²) in [6.45, 7) is 1.65. The predicted octanol–water partition coefficient (Wildman–Crippen LogP) is 1.43. The van der Waals surface area contributed by atoms with Crippen LogP contribution in [-0.4, -0.2) is 55.5 Å². The summed E-state index contributed by atoms with van der Waals surface area (Å²) in [5.41, 5.74) is 1.69. The number of rotatable bonds is 1. The van der Waals surface area contributed by atoms with Gasteiger partial charge in [-0.1, -0.05) is 11.6 Å². The Morgan fingerprint density at radius 1 is 1.32 bits per heavy atom. The molecule has 2 N–H and O–H groups in total. The van der Waals surface area contributed by atoms with E-state index in [2.05, 4.69) is 40.6 Å². The van der Waals surface area contributed by atoms with Crippen LogP contribution in [0.2, 0.25) is 5.15 Å². The number of fused-ring (bicyclic) bond motifs is 5. The number of urea groups is 1. The van der Waals surface area contributed by atoms with E-state index in [0.717, 1.165) is 25.2 Å². The number of aromatic nitrogens is 6. The second kappa shape index (κ2) is 5.24. The maximum atomic E-state index is 13.0. The van der Waals surface area contributed by atoms with E-state index < -0.39 is 0 Å². The largest absolute Gasteiger partial charge is 0.366 e. The summed E-state index contributed by atoms with van der Waals surface area (Å²) in [4.78, 5) is 29.3. The Morgan fingerprint density at radius 2 is 2.24 bits per heavy atom. The highest BCUT2D eigenvalue weighted by atomic mass is 35.5. The van der Waals surface area contributed by atoms with Crippen LogP contribution in [0.1, 0.15) is 6.42 Å². The van der Waals surface area contributed by atoms with Gasteiger partial charge in [-0.2, -0.15) is 10.3 Å². The molecule has 0 aromatic carbocycles. The van der Waals surface area contributed by atoms with Gasteiger partial charge in [0.25, 0.3) is 0 Å². The molecule has 126 valence electrons. The van der Waals surface area contributed by atoms with Crippen LogP contribution >= 0.6 is 11.6 Å². The Hall–Kier alpha value is -3.01. The fraction of sp³-hybridized carbons (Fsp3) is 0.286. The summed E-state index contributed by atoms with van der Waals surface area (Å²) < 4.78 is 0. The van der Waals surface area contributed by atoms with Crippen molar-refractivity contribution < 1.29 is 4.79 Å². The fourth-order valence-electron chi connectivity index (χ4n) is 3.38. The normalized spacial score (nSPS) is 18.5. The van der Waals surface area contributed by atoms with E-state index >= 15 is 0 Å². The molecule has 2 bridgehead atoms. The van der Waals surface area contributed by atoms with Gasteiger partial charge in [0.05, 0.1) is 11.7 Å². The van der Waals surface area contributed by atoms with E-state index in [1.807, 2.05) is 6.07 Å². The minimum atomic E-state index is -0.328. The van der Waals surface area contributed by atoms with Gasteiger partial charge in [0.1, 0.15) is 11.5 Å². The topological polar surface area (TPSA) is 116 Å². The molecule has 0 aliphatic carbocycles. The first-order chi connectivity index (χ1) is 12.2. The van der Waals surface area contributed by atoms with E-state index in [-0.39, 0.29) is 12.1 Å². The Morgan fingerprint density at radius 3 is 3.16 bits per heavy atom.